The van der Waals surface area contributed by atoms with Crippen molar-refractivity contribution in [1.29, 1.82) is 0 Å². The summed E-state index contributed by atoms with van der Waals surface area (Å²) in [5.74, 6) is -0.540. The van der Waals surface area contributed by atoms with Crippen molar-refractivity contribution < 1.29 is 24.0 Å². The molecule has 8 heteroatoms. The standard InChI is InChI=1S/C20H26N2O6/c1-20(2,3)28-19(24)21-15-9-11-16(12-10-15)27-18(23)13-8-14-6-4-5-7-17(14)22(25)26/h4-8,13,15-16H,9-12H2,1-3H3,(H,21,24). The minimum Gasteiger partial charge on any atom is -0.459 e. The molecule has 1 aromatic carbocycles. The number of rotatable bonds is 5. The highest BCUT2D eigenvalue weighted by molar-refractivity contribution is 5.88. The van der Waals surface area contributed by atoms with Gasteiger partial charge in [-0.25, -0.2) is 9.59 Å². The lowest BCUT2D eigenvalue weighted by Gasteiger charge is -2.29. The fraction of sp³-hybridized carbons (Fsp3) is 0.500. The highest BCUT2D eigenvalue weighted by Crippen LogP contribution is 2.23. The van der Waals surface area contributed by atoms with Gasteiger partial charge in [-0.2, -0.15) is 0 Å². The number of ether oxygens (including phenoxy) is 2. The van der Waals surface area contributed by atoms with Gasteiger partial charge in [0.1, 0.15) is 11.7 Å². The molecule has 0 radical (unpaired) electrons. The van der Waals surface area contributed by atoms with Crippen LogP contribution < -0.4 is 5.32 Å². The Kier molecular flexibility index (Phi) is 7.14. The molecule has 1 N–H and O–H groups in total. The van der Waals surface area contributed by atoms with Crippen molar-refractivity contribution in [3.63, 3.8) is 0 Å². The van der Waals surface area contributed by atoms with E-state index in [1.54, 1.807) is 39.0 Å². The molecule has 152 valence electrons. The number of nitrogens with zero attached hydrogens (tertiary/aromatic N) is 1. The number of hydrogen-bond acceptors (Lipinski definition) is 6. The van der Waals surface area contributed by atoms with E-state index in [1.807, 2.05) is 0 Å². The molecule has 0 spiro atoms. The summed E-state index contributed by atoms with van der Waals surface area (Å²) >= 11 is 0. The largest absolute Gasteiger partial charge is 0.459 e. The molecule has 1 saturated carbocycles. The van der Waals surface area contributed by atoms with Crippen LogP contribution in [-0.4, -0.2) is 34.7 Å². The van der Waals surface area contributed by atoms with Gasteiger partial charge in [0.25, 0.3) is 5.69 Å². The molecule has 0 aromatic heterocycles. The zero-order valence-corrected chi connectivity index (χ0v) is 16.3. The van der Waals surface area contributed by atoms with E-state index in [1.165, 1.54) is 18.2 Å². The third-order valence-corrected chi connectivity index (χ3v) is 4.21. The van der Waals surface area contributed by atoms with Crippen LogP contribution in [0.4, 0.5) is 10.5 Å². The van der Waals surface area contributed by atoms with Crippen LogP contribution in [0.1, 0.15) is 52.0 Å². The summed E-state index contributed by atoms with van der Waals surface area (Å²) < 4.78 is 10.6. The maximum absolute atomic E-state index is 12.0. The average Bonchev–Trinajstić information content (AvgIpc) is 2.60. The predicted molar refractivity (Wildman–Crippen MR) is 104 cm³/mol. The lowest BCUT2D eigenvalue weighted by molar-refractivity contribution is -0.385. The van der Waals surface area contributed by atoms with Gasteiger partial charge >= 0.3 is 12.1 Å². The van der Waals surface area contributed by atoms with Crippen LogP contribution in [-0.2, 0) is 14.3 Å². The van der Waals surface area contributed by atoms with E-state index in [-0.39, 0.29) is 17.8 Å². The highest BCUT2D eigenvalue weighted by atomic mass is 16.6. The first-order valence-electron chi connectivity index (χ1n) is 9.25. The molecule has 1 aliphatic rings. The van der Waals surface area contributed by atoms with E-state index in [4.69, 9.17) is 9.47 Å². The lowest BCUT2D eigenvalue weighted by Crippen LogP contribution is -2.42. The minimum absolute atomic E-state index is 0.00712. The Bertz CT molecular complexity index is 745. The molecule has 1 aromatic rings. The molecule has 0 unspecified atom stereocenters. The third kappa shape index (κ3) is 7.02. The van der Waals surface area contributed by atoms with Crippen molar-refractivity contribution >= 4 is 23.8 Å². The van der Waals surface area contributed by atoms with Crippen molar-refractivity contribution in [3.05, 3.63) is 46.0 Å². The molecule has 0 saturated heterocycles. The summed E-state index contributed by atoms with van der Waals surface area (Å²) in [6.07, 6.45) is 4.54. The normalized spacial score (nSPS) is 19.8. The number of nitrogens with one attached hydrogen (secondary N) is 1. The van der Waals surface area contributed by atoms with Gasteiger partial charge in [-0.05, 0) is 58.6 Å². The van der Waals surface area contributed by atoms with Gasteiger partial charge in [0.2, 0.25) is 0 Å². The minimum atomic E-state index is -0.545. The second kappa shape index (κ2) is 9.34. The molecule has 0 atom stereocenters. The van der Waals surface area contributed by atoms with Gasteiger partial charge in [0.05, 0.1) is 10.5 Å². The molecule has 0 bridgehead atoms. The molecule has 0 aliphatic heterocycles. The van der Waals surface area contributed by atoms with Crippen LogP contribution in [0.3, 0.4) is 0 Å². The Balaban J connectivity index is 1.79. The van der Waals surface area contributed by atoms with Gasteiger partial charge in [-0.3, -0.25) is 10.1 Å². The first kappa shape index (κ1) is 21.4. The number of benzene rings is 1. The summed E-state index contributed by atoms with van der Waals surface area (Å²) in [5.41, 5.74) is -0.272. The number of carbonyl (C=O) groups excluding carboxylic acids is 2. The van der Waals surface area contributed by atoms with E-state index < -0.39 is 22.6 Å². The van der Waals surface area contributed by atoms with E-state index >= 15 is 0 Å². The Hall–Kier alpha value is -2.90. The molecular formula is C20H26N2O6. The summed E-state index contributed by atoms with van der Waals surface area (Å²) in [7, 11) is 0. The van der Waals surface area contributed by atoms with E-state index in [2.05, 4.69) is 5.32 Å². The van der Waals surface area contributed by atoms with E-state index in [0.717, 1.165) is 0 Å². The van der Waals surface area contributed by atoms with Crippen molar-refractivity contribution in [2.75, 3.05) is 0 Å². The third-order valence-electron chi connectivity index (χ3n) is 4.21. The molecule has 1 aliphatic carbocycles. The fourth-order valence-electron chi connectivity index (χ4n) is 2.96. The van der Waals surface area contributed by atoms with E-state index in [9.17, 15) is 19.7 Å². The topological polar surface area (TPSA) is 108 Å². The SMILES string of the molecule is CC(C)(C)OC(=O)NC1CCC(OC(=O)C=Cc2ccccc2[N+](=O)[O-])CC1. The van der Waals surface area contributed by atoms with Gasteiger partial charge < -0.3 is 14.8 Å². The zero-order valence-electron chi connectivity index (χ0n) is 16.3. The average molecular weight is 390 g/mol. The van der Waals surface area contributed by atoms with Crippen LogP contribution in [0, 0.1) is 10.1 Å². The molecule has 1 fully saturated rings. The maximum atomic E-state index is 12.0. The monoisotopic (exact) mass is 390 g/mol. The number of esters is 1. The Morgan fingerprint density at radius 3 is 2.43 bits per heavy atom. The molecular weight excluding hydrogens is 364 g/mol. The van der Waals surface area contributed by atoms with Crippen LogP contribution >= 0.6 is 0 Å². The predicted octanol–water partition coefficient (Wildman–Crippen LogP) is 3.99. The van der Waals surface area contributed by atoms with Crippen LogP contribution in [0.15, 0.2) is 30.3 Å². The first-order valence-corrected chi connectivity index (χ1v) is 9.25. The van der Waals surface area contributed by atoms with E-state index in [0.29, 0.717) is 31.2 Å². The Labute approximate surface area is 164 Å². The number of hydrogen-bond donors (Lipinski definition) is 1. The summed E-state index contributed by atoms with van der Waals surface area (Å²) in [4.78, 5) is 34.3. The summed E-state index contributed by atoms with van der Waals surface area (Å²) in [6.45, 7) is 5.42. The summed E-state index contributed by atoms with van der Waals surface area (Å²) in [6, 6.07) is 6.17. The first-order chi connectivity index (χ1) is 13.1. The van der Waals surface area contributed by atoms with Crippen LogP contribution in [0.25, 0.3) is 6.08 Å². The second-order valence-electron chi connectivity index (χ2n) is 7.71. The molecule has 0 heterocycles. The van der Waals surface area contributed by atoms with Crippen LogP contribution in [0.5, 0.6) is 0 Å². The molecule has 8 nitrogen and oxygen atoms in total. The van der Waals surface area contributed by atoms with Crippen molar-refractivity contribution in [2.45, 2.75) is 64.2 Å². The number of nitro groups is 1. The van der Waals surface area contributed by atoms with Crippen LogP contribution in [0.2, 0.25) is 0 Å². The molecule has 28 heavy (non-hydrogen) atoms. The number of amides is 1. The van der Waals surface area contributed by atoms with Crippen molar-refractivity contribution in [3.8, 4) is 0 Å². The number of alkyl carbamates (subject to hydrolysis) is 1. The zero-order chi connectivity index (χ0) is 20.7. The van der Waals surface area contributed by atoms with Crippen molar-refractivity contribution in [2.24, 2.45) is 0 Å². The quantitative estimate of drug-likeness (QED) is 0.352. The Morgan fingerprint density at radius 1 is 1.18 bits per heavy atom. The smallest absolute Gasteiger partial charge is 0.407 e. The lowest BCUT2D eigenvalue weighted by atomic mass is 9.93. The number of nitro benzene ring substituents is 1. The number of para-hydroxylation sites is 1. The maximum Gasteiger partial charge on any atom is 0.407 e. The Morgan fingerprint density at radius 2 is 1.82 bits per heavy atom. The van der Waals surface area contributed by atoms with Gasteiger partial charge in [-0.15, -0.1) is 0 Å². The second-order valence-corrected chi connectivity index (χ2v) is 7.71. The van der Waals surface area contributed by atoms with Gasteiger partial charge in [0.15, 0.2) is 0 Å². The van der Waals surface area contributed by atoms with Gasteiger partial charge in [0, 0.05) is 18.2 Å². The highest BCUT2D eigenvalue weighted by Gasteiger charge is 2.26. The van der Waals surface area contributed by atoms with Gasteiger partial charge in [-0.1, -0.05) is 12.1 Å². The molecule has 1 amide bonds. The van der Waals surface area contributed by atoms with Crippen molar-refractivity contribution in [1.82, 2.24) is 5.32 Å². The molecule has 2 rings (SSSR count). The number of carbonyl (C=O) groups is 2. The fourth-order valence-corrected chi connectivity index (χ4v) is 2.96. The summed E-state index contributed by atoms with van der Waals surface area (Å²) in [5, 5.41) is 13.8.